The van der Waals surface area contributed by atoms with Gasteiger partial charge in [0.25, 0.3) is 0 Å². The van der Waals surface area contributed by atoms with Gasteiger partial charge in [-0.25, -0.2) is 0 Å². The Morgan fingerprint density at radius 2 is 2.22 bits per heavy atom. The van der Waals surface area contributed by atoms with Crippen molar-refractivity contribution in [3.63, 3.8) is 0 Å². The average molecular weight is 240 g/mol. The zero-order chi connectivity index (χ0) is 13.0. The summed E-state index contributed by atoms with van der Waals surface area (Å²) in [5, 5.41) is 1.10. The summed E-state index contributed by atoms with van der Waals surface area (Å²) < 4.78 is 0. The second-order valence-electron chi connectivity index (χ2n) is 4.15. The van der Waals surface area contributed by atoms with Gasteiger partial charge >= 0.3 is 0 Å². The number of likely N-dealkylation sites (N-methyl/N-ethyl adjacent to an activating group) is 1. The van der Waals surface area contributed by atoms with Gasteiger partial charge in [-0.2, -0.15) is 0 Å². The van der Waals surface area contributed by atoms with Crippen molar-refractivity contribution in [2.24, 2.45) is 0 Å². The topological polar surface area (TPSA) is 36.1 Å². The van der Waals surface area contributed by atoms with Gasteiger partial charge in [0, 0.05) is 23.6 Å². The second kappa shape index (κ2) is 5.42. The molecule has 18 heavy (non-hydrogen) atoms. The van der Waals surface area contributed by atoms with E-state index in [-0.39, 0.29) is 5.91 Å². The Morgan fingerprint density at radius 1 is 1.44 bits per heavy atom. The van der Waals surface area contributed by atoms with Crippen molar-refractivity contribution in [1.29, 1.82) is 0 Å². The SMILES string of the molecule is C#CCN(CC)C(=O)Cc1c[nH]c2ccccc12. The fraction of sp³-hybridized carbons (Fsp3) is 0.267. The van der Waals surface area contributed by atoms with Crippen LogP contribution in [0.5, 0.6) is 0 Å². The Kier molecular flexibility index (Phi) is 3.69. The molecule has 0 spiro atoms. The molecule has 2 aromatic rings. The lowest BCUT2D eigenvalue weighted by molar-refractivity contribution is -0.129. The normalized spacial score (nSPS) is 10.2. The minimum absolute atomic E-state index is 0.0696. The van der Waals surface area contributed by atoms with Crippen LogP contribution in [0, 0.1) is 12.3 Å². The molecule has 0 atom stereocenters. The van der Waals surface area contributed by atoms with Gasteiger partial charge in [0.15, 0.2) is 0 Å². The summed E-state index contributed by atoms with van der Waals surface area (Å²) in [6.45, 7) is 2.95. The molecule has 1 aromatic heterocycles. The third-order valence-electron chi connectivity index (χ3n) is 3.03. The highest BCUT2D eigenvalue weighted by atomic mass is 16.2. The van der Waals surface area contributed by atoms with Crippen molar-refractivity contribution in [2.45, 2.75) is 13.3 Å². The molecule has 0 radical (unpaired) electrons. The molecule has 2 rings (SSSR count). The van der Waals surface area contributed by atoms with Crippen molar-refractivity contribution in [2.75, 3.05) is 13.1 Å². The van der Waals surface area contributed by atoms with E-state index in [1.165, 1.54) is 0 Å². The molecule has 1 aromatic carbocycles. The standard InChI is InChI=1S/C15H16N2O/c1-3-9-17(4-2)15(18)10-12-11-16-14-8-6-5-7-13(12)14/h1,5-8,11,16H,4,9-10H2,2H3. The lowest BCUT2D eigenvalue weighted by Gasteiger charge is -2.17. The predicted molar refractivity (Wildman–Crippen MR) is 73.1 cm³/mol. The van der Waals surface area contributed by atoms with Gasteiger partial charge in [0.05, 0.1) is 13.0 Å². The maximum absolute atomic E-state index is 12.1. The van der Waals surface area contributed by atoms with E-state index >= 15 is 0 Å². The molecule has 3 nitrogen and oxygen atoms in total. The highest BCUT2D eigenvalue weighted by molar-refractivity contribution is 5.88. The van der Waals surface area contributed by atoms with Crippen molar-refractivity contribution in [3.8, 4) is 12.3 Å². The first-order chi connectivity index (χ1) is 8.76. The van der Waals surface area contributed by atoms with E-state index in [0.29, 0.717) is 19.5 Å². The number of terminal acetylenes is 1. The molecule has 0 aliphatic heterocycles. The van der Waals surface area contributed by atoms with Crippen molar-refractivity contribution in [1.82, 2.24) is 9.88 Å². The van der Waals surface area contributed by atoms with E-state index in [9.17, 15) is 4.79 Å². The third-order valence-corrected chi connectivity index (χ3v) is 3.03. The molecule has 1 heterocycles. The van der Waals surface area contributed by atoms with Crippen molar-refractivity contribution in [3.05, 3.63) is 36.0 Å². The number of rotatable bonds is 4. The lowest BCUT2D eigenvalue weighted by Crippen LogP contribution is -2.32. The van der Waals surface area contributed by atoms with Crippen LogP contribution in [-0.2, 0) is 11.2 Å². The van der Waals surface area contributed by atoms with Crippen LogP contribution >= 0.6 is 0 Å². The van der Waals surface area contributed by atoms with Gasteiger partial charge in [0.1, 0.15) is 0 Å². The van der Waals surface area contributed by atoms with Gasteiger partial charge in [-0.05, 0) is 18.6 Å². The number of hydrogen-bond donors (Lipinski definition) is 1. The number of benzene rings is 1. The number of fused-ring (bicyclic) bond motifs is 1. The third kappa shape index (κ3) is 2.38. The summed E-state index contributed by atoms with van der Waals surface area (Å²) in [5.74, 6) is 2.58. The predicted octanol–water partition coefficient (Wildman–Crippen LogP) is 2.19. The number of nitrogens with zero attached hydrogens (tertiary/aromatic N) is 1. The number of aromatic amines is 1. The minimum Gasteiger partial charge on any atom is -0.361 e. The second-order valence-corrected chi connectivity index (χ2v) is 4.15. The van der Waals surface area contributed by atoms with Crippen LogP contribution in [0.4, 0.5) is 0 Å². The molecule has 3 heteroatoms. The van der Waals surface area contributed by atoms with Crippen molar-refractivity contribution >= 4 is 16.8 Å². The summed E-state index contributed by atoms with van der Waals surface area (Å²) in [7, 11) is 0. The molecule has 0 bridgehead atoms. The summed E-state index contributed by atoms with van der Waals surface area (Å²) in [6, 6.07) is 7.97. The number of nitrogens with one attached hydrogen (secondary N) is 1. The minimum atomic E-state index is 0.0696. The Bertz CT molecular complexity index is 592. The first-order valence-electron chi connectivity index (χ1n) is 6.02. The number of aromatic nitrogens is 1. The molecule has 0 fully saturated rings. The number of carbonyl (C=O) groups is 1. The zero-order valence-corrected chi connectivity index (χ0v) is 10.4. The Balaban J connectivity index is 2.19. The van der Waals surface area contributed by atoms with E-state index < -0.39 is 0 Å². The van der Waals surface area contributed by atoms with Gasteiger partial charge in [-0.1, -0.05) is 24.1 Å². The van der Waals surface area contributed by atoms with E-state index in [2.05, 4.69) is 10.9 Å². The van der Waals surface area contributed by atoms with Gasteiger partial charge in [0.2, 0.25) is 5.91 Å². The molecule has 0 unspecified atom stereocenters. The molecule has 1 N–H and O–H groups in total. The van der Waals surface area contributed by atoms with E-state index in [4.69, 9.17) is 6.42 Å². The average Bonchev–Trinajstić information content (AvgIpc) is 2.79. The summed E-state index contributed by atoms with van der Waals surface area (Å²) in [5.41, 5.74) is 2.08. The fourth-order valence-corrected chi connectivity index (χ4v) is 2.04. The van der Waals surface area contributed by atoms with E-state index in [0.717, 1.165) is 16.5 Å². The summed E-state index contributed by atoms with van der Waals surface area (Å²) in [4.78, 5) is 16.9. The van der Waals surface area contributed by atoms with Gasteiger partial charge in [-0.3, -0.25) is 4.79 Å². The quantitative estimate of drug-likeness (QED) is 0.817. The maximum atomic E-state index is 12.1. The molecule has 92 valence electrons. The highest BCUT2D eigenvalue weighted by Crippen LogP contribution is 2.18. The van der Waals surface area contributed by atoms with Crippen LogP contribution < -0.4 is 0 Å². The van der Waals surface area contributed by atoms with Crippen LogP contribution in [0.25, 0.3) is 10.9 Å². The summed E-state index contributed by atoms with van der Waals surface area (Å²) in [6.07, 6.45) is 7.54. The van der Waals surface area contributed by atoms with Gasteiger partial charge < -0.3 is 9.88 Å². The van der Waals surface area contributed by atoms with E-state index in [1.807, 2.05) is 37.4 Å². The molecule has 0 saturated carbocycles. The molecule has 0 aliphatic rings. The molecular weight excluding hydrogens is 224 g/mol. The van der Waals surface area contributed by atoms with Crippen LogP contribution in [0.2, 0.25) is 0 Å². The number of para-hydroxylation sites is 1. The Morgan fingerprint density at radius 3 is 2.94 bits per heavy atom. The lowest BCUT2D eigenvalue weighted by atomic mass is 10.1. The monoisotopic (exact) mass is 240 g/mol. The van der Waals surface area contributed by atoms with Gasteiger partial charge in [-0.15, -0.1) is 6.42 Å². The zero-order valence-electron chi connectivity index (χ0n) is 10.4. The molecule has 0 aliphatic carbocycles. The van der Waals surface area contributed by atoms with Crippen molar-refractivity contribution < 1.29 is 4.79 Å². The number of H-pyrrole nitrogens is 1. The van der Waals surface area contributed by atoms with E-state index in [1.54, 1.807) is 4.90 Å². The van der Waals surface area contributed by atoms with Crippen LogP contribution in [0.1, 0.15) is 12.5 Å². The first kappa shape index (κ1) is 12.3. The Hall–Kier alpha value is -2.21. The van der Waals surface area contributed by atoms with Crippen LogP contribution in [-0.4, -0.2) is 28.9 Å². The largest absolute Gasteiger partial charge is 0.361 e. The Labute approximate surface area is 107 Å². The molecule has 1 amide bonds. The first-order valence-corrected chi connectivity index (χ1v) is 6.02. The van der Waals surface area contributed by atoms with Crippen LogP contribution in [0.3, 0.4) is 0 Å². The fourth-order valence-electron chi connectivity index (χ4n) is 2.04. The number of carbonyl (C=O) groups excluding carboxylic acids is 1. The maximum Gasteiger partial charge on any atom is 0.227 e. The van der Waals surface area contributed by atoms with Crippen LogP contribution in [0.15, 0.2) is 30.5 Å². The smallest absolute Gasteiger partial charge is 0.227 e. The highest BCUT2D eigenvalue weighted by Gasteiger charge is 2.13. The summed E-state index contributed by atoms with van der Waals surface area (Å²) >= 11 is 0. The number of amides is 1. The number of hydrogen-bond acceptors (Lipinski definition) is 1. The molecular formula is C15H16N2O. The molecule has 0 saturated heterocycles.